The first-order valence-electron chi connectivity index (χ1n) is 8.00. The van der Waals surface area contributed by atoms with Gasteiger partial charge in [-0.3, -0.25) is 4.79 Å². The van der Waals surface area contributed by atoms with Gasteiger partial charge in [0.05, 0.1) is 10.6 Å². The number of carbonyl (C=O) groups excluding carboxylic acids is 1. The Bertz CT molecular complexity index is 925. The fourth-order valence-corrected chi connectivity index (χ4v) is 3.58. The number of rotatable bonds is 4. The highest BCUT2D eigenvalue weighted by molar-refractivity contribution is 7.15. The molecule has 4 rings (SSSR count). The van der Waals surface area contributed by atoms with E-state index in [1.54, 1.807) is 12.4 Å². The maximum Gasteiger partial charge on any atom is 0.306 e. The van der Waals surface area contributed by atoms with Crippen LogP contribution in [-0.2, 0) is 9.53 Å². The summed E-state index contributed by atoms with van der Waals surface area (Å²) in [5.41, 5.74) is 1.96. The minimum absolute atomic E-state index is 0.156. The van der Waals surface area contributed by atoms with Crippen molar-refractivity contribution in [2.45, 2.75) is 25.9 Å². The van der Waals surface area contributed by atoms with Crippen molar-refractivity contribution in [3.8, 4) is 10.6 Å². The Hall–Kier alpha value is -2.80. The highest BCUT2D eigenvalue weighted by Crippen LogP contribution is 2.35. The lowest BCUT2D eigenvalue weighted by Gasteiger charge is -2.06. The Balaban J connectivity index is 1.55. The maximum atomic E-state index is 11.3. The van der Waals surface area contributed by atoms with E-state index in [0.717, 1.165) is 32.8 Å². The summed E-state index contributed by atoms with van der Waals surface area (Å²) in [7, 11) is 0. The highest BCUT2D eigenvalue weighted by Gasteiger charge is 2.27. The van der Waals surface area contributed by atoms with Gasteiger partial charge in [0, 0.05) is 25.2 Å². The predicted molar refractivity (Wildman–Crippen MR) is 95.7 cm³/mol. The molecule has 7 heteroatoms. The molecule has 1 unspecified atom stereocenters. The zero-order chi connectivity index (χ0) is 17.2. The van der Waals surface area contributed by atoms with E-state index < -0.39 is 0 Å². The van der Waals surface area contributed by atoms with Gasteiger partial charge in [-0.15, -0.1) is 11.3 Å². The second-order valence-corrected chi connectivity index (χ2v) is 6.89. The first kappa shape index (κ1) is 15.7. The van der Waals surface area contributed by atoms with Gasteiger partial charge in [0.25, 0.3) is 0 Å². The number of pyridine rings is 2. The number of ether oxygens (including phenoxy) is 1. The molecule has 1 saturated heterocycles. The molecule has 0 amide bonds. The van der Waals surface area contributed by atoms with Crippen molar-refractivity contribution in [2.75, 3.05) is 5.32 Å². The zero-order valence-electron chi connectivity index (χ0n) is 13.6. The van der Waals surface area contributed by atoms with Gasteiger partial charge in [-0.2, -0.15) is 0 Å². The molecule has 3 aromatic rings. The quantitative estimate of drug-likeness (QED) is 0.714. The lowest BCUT2D eigenvalue weighted by molar-refractivity contribution is -0.141. The molecule has 1 atom stereocenters. The van der Waals surface area contributed by atoms with Crippen molar-refractivity contribution in [3.63, 3.8) is 0 Å². The molecular weight excluding hydrogens is 336 g/mol. The van der Waals surface area contributed by atoms with E-state index in [4.69, 9.17) is 4.74 Å². The average Bonchev–Trinajstić information content (AvgIpc) is 3.24. The van der Waals surface area contributed by atoms with Gasteiger partial charge in [0.2, 0.25) is 0 Å². The van der Waals surface area contributed by atoms with Crippen LogP contribution in [0.1, 0.15) is 29.5 Å². The minimum atomic E-state index is -0.218. The van der Waals surface area contributed by atoms with Crippen LogP contribution in [0.2, 0.25) is 0 Å². The molecular formula is C18H16N4O2S. The van der Waals surface area contributed by atoms with Crippen molar-refractivity contribution < 1.29 is 9.53 Å². The molecule has 0 saturated carbocycles. The van der Waals surface area contributed by atoms with Gasteiger partial charge in [-0.05, 0) is 36.8 Å². The lowest BCUT2D eigenvalue weighted by atomic mass is 10.2. The van der Waals surface area contributed by atoms with Gasteiger partial charge >= 0.3 is 5.97 Å². The van der Waals surface area contributed by atoms with Crippen molar-refractivity contribution in [1.29, 1.82) is 0 Å². The third-order valence-electron chi connectivity index (χ3n) is 3.86. The summed E-state index contributed by atoms with van der Waals surface area (Å²) in [6, 6.07) is 9.69. The predicted octanol–water partition coefficient (Wildman–Crippen LogP) is 4.03. The largest absolute Gasteiger partial charge is 0.455 e. The van der Waals surface area contributed by atoms with Crippen LogP contribution in [0.15, 0.2) is 42.7 Å². The Kier molecular flexibility index (Phi) is 4.15. The summed E-state index contributed by atoms with van der Waals surface area (Å²) in [6.07, 6.45) is 4.48. The number of esters is 1. The summed E-state index contributed by atoms with van der Waals surface area (Å²) in [5.74, 6) is 1.32. The molecule has 0 radical (unpaired) electrons. The van der Waals surface area contributed by atoms with Crippen LogP contribution in [0.25, 0.3) is 10.6 Å². The Labute approximate surface area is 148 Å². The first-order chi connectivity index (χ1) is 12.2. The van der Waals surface area contributed by atoms with Crippen molar-refractivity contribution in [2.24, 2.45) is 0 Å². The minimum Gasteiger partial charge on any atom is -0.455 e. The second-order valence-electron chi connectivity index (χ2n) is 5.83. The van der Waals surface area contributed by atoms with Gasteiger partial charge in [0.15, 0.2) is 6.10 Å². The molecule has 0 aromatic carbocycles. The molecule has 126 valence electrons. The topological polar surface area (TPSA) is 77.0 Å². The maximum absolute atomic E-state index is 11.3. The molecule has 0 aliphatic carbocycles. The van der Waals surface area contributed by atoms with Crippen molar-refractivity contribution >= 4 is 28.9 Å². The standard InChI is InChI=1S/C18H16N4O2S/c1-11-7-8-19-16(9-11)22-15-4-2-3-12(21-15)14-10-20-18(25-14)13-5-6-17(23)24-13/h2-4,7-10,13H,5-6H2,1H3,(H,19,21,22). The van der Waals surface area contributed by atoms with E-state index in [-0.39, 0.29) is 12.1 Å². The number of anilines is 2. The zero-order valence-corrected chi connectivity index (χ0v) is 14.4. The molecule has 0 spiro atoms. The van der Waals surface area contributed by atoms with E-state index in [1.807, 2.05) is 37.3 Å². The van der Waals surface area contributed by atoms with Crippen LogP contribution in [0.4, 0.5) is 11.6 Å². The van der Waals surface area contributed by atoms with Gasteiger partial charge in [-0.25, -0.2) is 15.0 Å². The smallest absolute Gasteiger partial charge is 0.306 e. The van der Waals surface area contributed by atoms with Crippen LogP contribution in [0.3, 0.4) is 0 Å². The lowest BCUT2D eigenvalue weighted by Crippen LogP contribution is -1.97. The summed E-state index contributed by atoms with van der Waals surface area (Å²) >= 11 is 1.51. The summed E-state index contributed by atoms with van der Waals surface area (Å²) < 4.78 is 5.28. The SMILES string of the molecule is Cc1ccnc(Nc2cccc(-c3cnc(C4CCC(=O)O4)s3)n2)c1. The molecule has 6 nitrogen and oxygen atoms in total. The van der Waals surface area contributed by atoms with Crippen LogP contribution in [0.5, 0.6) is 0 Å². The number of hydrogen-bond acceptors (Lipinski definition) is 7. The number of nitrogens with zero attached hydrogens (tertiary/aromatic N) is 3. The van der Waals surface area contributed by atoms with E-state index in [0.29, 0.717) is 12.8 Å². The Morgan fingerprint density at radius 1 is 1.24 bits per heavy atom. The number of hydrogen-bond donors (Lipinski definition) is 1. The second kappa shape index (κ2) is 6.60. The van der Waals surface area contributed by atoms with E-state index >= 15 is 0 Å². The molecule has 0 bridgehead atoms. The van der Waals surface area contributed by atoms with E-state index in [9.17, 15) is 4.79 Å². The van der Waals surface area contributed by atoms with Gasteiger partial charge in [-0.1, -0.05) is 6.07 Å². The van der Waals surface area contributed by atoms with Crippen LogP contribution < -0.4 is 5.32 Å². The number of cyclic esters (lactones) is 1. The summed E-state index contributed by atoms with van der Waals surface area (Å²) in [4.78, 5) is 25.5. The molecule has 4 heterocycles. The first-order valence-corrected chi connectivity index (χ1v) is 8.81. The van der Waals surface area contributed by atoms with E-state index in [2.05, 4.69) is 20.3 Å². The van der Waals surface area contributed by atoms with Crippen molar-refractivity contribution in [3.05, 3.63) is 53.3 Å². The summed E-state index contributed by atoms with van der Waals surface area (Å²) in [6.45, 7) is 2.02. The number of aryl methyl sites for hydroxylation is 1. The third kappa shape index (κ3) is 3.51. The average molecular weight is 352 g/mol. The van der Waals surface area contributed by atoms with Gasteiger partial charge < -0.3 is 10.1 Å². The number of carbonyl (C=O) groups is 1. The normalized spacial score (nSPS) is 16.7. The van der Waals surface area contributed by atoms with Crippen LogP contribution in [-0.4, -0.2) is 20.9 Å². The Morgan fingerprint density at radius 3 is 2.96 bits per heavy atom. The monoisotopic (exact) mass is 352 g/mol. The highest BCUT2D eigenvalue weighted by atomic mass is 32.1. The van der Waals surface area contributed by atoms with Gasteiger partial charge in [0.1, 0.15) is 16.6 Å². The molecule has 25 heavy (non-hydrogen) atoms. The molecule has 3 aromatic heterocycles. The molecule has 1 fully saturated rings. The Morgan fingerprint density at radius 2 is 2.16 bits per heavy atom. The number of thiazole rings is 1. The van der Waals surface area contributed by atoms with Crippen molar-refractivity contribution in [1.82, 2.24) is 15.0 Å². The van der Waals surface area contributed by atoms with E-state index in [1.165, 1.54) is 11.3 Å². The summed E-state index contributed by atoms with van der Waals surface area (Å²) in [5, 5.41) is 4.04. The number of aromatic nitrogens is 3. The fraction of sp³-hybridized carbons (Fsp3) is 0.222. The van der Waals surface area contributed by atoms with Crippen LogP contribution in [0, 0.1) is 6.92 Å². The molecule has 1 aliphatic rings. The number of nitrogens with one attached hydrogen (secondary N) is 1. The third-order valence-corrected chi connectivity index (χ3v) is 4.97. The van der Waals surface area contributed by atoms with Crippen LogP contribution >= 0.6 is 11.3 Å². The molecule has 1 aliphatic heterocycles. The molecule has 1 N–H and O–H groups in total. The fourth-order valence-electron chi connectivity index (χ4n) is 2.63.